The minimum absolute atomic E-state index is 0.706. The summed E-state index contributed by atoms with van der Waals surface area (Å²) in [5.74, 6) is 0. The predicted octanol–water partition coefficient (Wildman–Crippen LogP) is 2.36. The molecule has 2 aliphatic carbocycles. The molecule has 0 saturated heterocycles. The van der Waals surface area contributed by atoms with E-state index in [1.54, 1.807) is 0 Å². The SMILES string of the molecule is CN(C1C=CCC1)C1C=CCC1. The standard InChI is InChI=1S/C11H17N/c1-12(10-6-2-3-7-10)11-8-4-5-9-11/h2,4,6,8,10-11H,3,5,7,9H2,1H3. The number of allylic oxidation sites excluding steroid dienone is 2. The maximum absolute atomic E-state index is 2.51. The molecule has 1 nitrogen and oxygen atoms in total. The summed E-state index contributed by atoms with van der Waals surface area (Å²) in [5.41, 5.74) is 0. The minimum Gasteiger partial charge on any atom is -0.294 e. The number of hydrogen-bond donors (Lipinski definition) is 0. The number of nitrogens with zero attached hydrogens (tertiary/aromatic N) is 1. The van der Waals surface area contributed by atoms with Crippen LogP contribution in [0.1, 0.15) is 25.7 Å². The Morgan fingerprint density at radius 3 is 1.83 bits per heavy atom. The van der Waals surface area contributed by atoms with Gasteiger partial charge in [-0.15, -0.1) is 0 Å². The third-order valence-electron chi connectivity index (χ3n) is 3.02. The average Bonchev–Trinajstić information content (AvgIpc) is 2.77. The highest BCUT2D eigenvalue weighted by atomic mass is 15.2. The molecule has 0 fully saturated rings. The first-order chi connectivity index (χ1) is 5.88. The van der Waals surface area contributed by atoms with Gasteiger partial charge in [-0.05, 0) is 32.7 Å². The summed E-state index contributed by atoms with van der Waals surface area (Å²) >= 11 is 0. The van der Waals surface area contributed by atoms with Gasteiger partial charge < -0.3 is 0 Å². The molecule has 0 amide bonds. The molecule has 0 heterocycles. The normalized spacial score (nSPS) is 33.8. The summed E-state index contributed by atoms with van der Waals surface area (Å²) in [6, 6.07) is 1.41. The molecule has 1 heteroatoms. The Bertz CT molecular complexity index is 183. The van der Waals surface area contributed by atoms with Crippen LogP contribution in [-0.2, 0) is 0 Å². The summed E-state index contributed by atoms with van der Waals surface area (Å²) in [4.78, 5) is 2.51. The molecule has 0 spiro atoms. The van der Waals surface area contributed by atoms with Crippen molar-refractivity contribution in [1.82, 2.24) is 4.90 Å². The molecule has 0 aromatic rings. The van der Waals surface area contributed by atoms with Crippen LogP contribution < -0.4 is 0 Å². The fourth-order valence-electron chi connectivity index (χ4n) is 2.16. The van der Waals surface area contributed by atoms with E-state index in [1.165, 1.54) is 25.7 Å². The van der Waals surface area contributed by atoms with Crippen molar-refractivity contribution < 1.29 is 0 Å². The van der Waals surface area contributed by atoms with Crippen molar-refractivity contribution in [1.29, 1.82) is 0 Å². The lowest BCUT2D eigenvalue weighted by Gasteiger charge is -2.28. The van der Waals surface area contributed by atoms with Gasteiger partial charge in [0.1, 0.15) is 0 Å². The Balaban J connectivity index is 1.94. The molecule has 2 rings (SSSR count). The molecular formula is C11H17N. The third kappa shape index (κ3) is 1.46. The Hall–Kier alpha value is -0.560. The zero-order chi connectivity index (χ0) is 8.39. The van der Waals surface area contributed by atoms with Crippen LogP contribution in [0.15, 0.2) is 24.3 Å². The topological polar surface area (TPSA) is 3.24 Å². The molecule has 2 unspecified atom stereocenters. The molecule has 0 aromatic carbocycles. The summed E-state index contributed by atoms with van der Waals surface area (Å²) in [6.07, 6.45) is 14.5. The fraction of sp³-hybridized carbons (Fsp3) is 0.636. The molecule has 0 N–H and O–H groups in total. The number of rotatable bonds is 2. The van der Waals surface area contributed by atoms with E-state index >= 15 is 0 Å². The van der Waals surface area contributed by atoms with E-state index < -0.39 is 0 Å². The van der Waals surface area contributed by atoms with E-state index in [1.807, 2.05) is 0 Å². The van der Waals surface area contributed by atoms with Crippen molar-refractivity contribution >= 4 is 0 Å². The van der Waals surface area contributed by atoms with Crippen LogP contribution in [-0.4, -0.2) is 24.0 Å². The lowest BCUT2D eigenvalue weighted by Crippen LogP contribution is -2.35. The Kier molecular flexibility index (Phi) is 2.31. The Morgan fingerprint density at radius 1 is 1.00 bits per heavy atom. The van der Waals surface area contributed by atoms with Gasteiger partial charge >= 0.3 is 0 Å². The molecule has 2 atom stereocenters. The highest BCUT2D eigenvalue weighted by Gasteiger charge is 2.21. The maximum atomic E-state index is 2.51. The lowest BCUT2D eigenvalue weighted by molar-refractivity contribution is 0.232. The zero-order valence-corrected chi connectivity index (χ0v) is 7.74. The summed E-state index contributed by atoms with van der Waals surface area (Å²) in [6.45, 7) is 0. The first-order valence-electron chi connectivity index (χ1n) is 4.93. The van der Waals surface area contributed by atoms with E-state index in [9.17, 15) is 0 Å². The Morgan fingerprint density at radius 2 is 1.50 bits per heavy atom. The monoisotopic (exact) mass is 163 g/mol. The van der Waals surface area contributed by atoms with E-state index in [2.05, 4.69) is 36.3 Å². The van der Waals surface area contributed by atoms with Crippen LogP contribution in [0, 0.1) is 0 Å². The van der Waals surface area contributed by atoms with Crippen molar-refractivity contribution in [2.75, 3.05) is 7.05 Å². The molecule has 12 heavy (non-hydrogen) atoms. The van der Waals surface area contributed by atoms with Gasteiger partial charge in [-0.2, -0.15) is 0 Å². The van der Waals surface area contributed by atoms with Crippen molar-refractivity contribution in [3.05, 3.63) is 24.3 Å². The molecule has 0 radical (unpaired) electrons. The number of hydrogen-bond acceptors (Lipinski definition) is 1. The van der Waals surface area contributed by atoms with Gasteiger partial charge in [-0.1, -0.05) is 24.3 Å². The fourth-order valence-corrected chi connectivity index (χ4v) is 2.16. The summed E-state index contributed by atoms with van der Waals surface area (Å²) in [7, 11) is 2.25. The second kappa shape index (κ2) is 3.44. The molecule has 0 bridgehead atoms. The van der Waals surface area contributed by atoms with Gasteiger partial charge in [0.15, 0.2) is 0 Å². The van der Waals surface area contributed by atoms with Crippen molar-refractivity contribution in [3.8, 4) is 0 Å². The lowest BCUT2D eigenvalue weighted by atomic mass is 10.1. The second-order valence-corrected chi connectivity index (χ2v) is 3.81. The molecule has 0 aliphatic heterocycles. The first kappa shape index (κ1) is 8.06. The highest BCUT2D eigenvalue weighted by molar-refractivity contribution is 5.08. The molecule has 0 aromatic heterocycles. The molecule has 66 valence electrons. The van der Waals surface area contributed by atoms with Gasteiger partial charge in [-0.25, -0.2) is 0 Å². The van der Waals surface area contributed by atoms with Crippen molar-refractivity contribution in [3.63, 3.8) is 0 Å². The van der Waals surface area contributed by atoms with Gasteiger partial charge in [0.25, 0.3) is 0 Å². The van der Waals surface area contributed by atoms with E-state index in [4.69, 9.17) is 0 Å². The van der Waals surface area contributed by atoms with Crippen molar-refractivity contribution in [2.24, 2.45) is 0 Å². The smallest absolute Gasteiger partial charge is 0.0284 e. The second-order valence-electron chi connectivity index (χ2n) is 3.81. The van der Waals surface area contributed by atoms with Crippen LogP contribution in [0.2, 0.25) is 0 Å². The third-order valence-corrected chi connectivity index (χ3v) is 3.02. The Labute approximate surface area is 74.8 Å². The maximum Gasteiger partial charge on any atom is 0.0284 e. The highest BCUT2D eigenvalue weighted by Crippen LogP contribution is 2.22. The summed E-state index contributed by atoms with van der Waals surface area (Å²) < 4.78 is 0. The molecule has 2 aliphatic rings. The van der Waals surface area contributed by atoms with E-state index in [0.29, 0.717) is 12.1 Å². The first-order valence-corrected chi connectivity index (χ1v) is 4.93. The van der Waals surface area contributed by atoms with Gasteiger partial charge in [0.2, 0.25) is 0 Å². The van der Waals surface area contributed by atoms with Crippen molar-refractivity contribution in [2.45, 2.75) is 37.8 Å². The predicted molar refractivity (Wildman–Crippen MR) is 52.1 cm³/mol. The average molecular weight is 163 g/mol. The van der Waals surface area contributed by atoms with Crippen LogP contribution in [0.5, 0.6) is 0 Å². The zero-order valence-electron chi connectivity index (χ0n) is 7.74. The van der Waals surface area contributed by atoms with Crippen LogP contribution in [0.3, 0.4) is 0 Å². The van der Waals surface area contributed by atoms with Gasteiger partial charge in [0, 0.05) is 12.1 Å². The molecule has 0 saturated carbocycles. The quantitative estimate of drug-likeness (QED) is 0.565. The molecular weight excluding hydrogens is 146 g/mol. The van der Waals surface area contributed by atoms with Gasteiger partial charge in [-0.3, -0.25) is 4.90 Å². The summed E-state index contributed by atoms with van der Waals surface area (Å²) in [5, 5.41) is 0. The van der Waals surface area contributed by atoms with Crippen LogP contribution in [0.25, 0.3) is 0 Å². The van der Waals surface area contributed by atoms with Gasteiger partial charge in [0.05, 0.1) is 0 Å². The number of likely N-dealkylation sites (N-methyl/N-ethyl adjacent to an activating group) is 1. The van der Waals surface area contributed by atoms with Crippen LogP contribution >= 0.6 is 0 Å². The van der Waals surface area contributed by atoms with E-state index in [0.717, 1.165) is 0 Å². The minimum atomic E-state index is 0.706. The van der Waals surface area contributed by atoms with Crippen LogP contribution in [0.4, 0.5) is 0 Å². The largest absolute Gasteiger partial charge is 0.294 e. The van der Waals surface area contributed by atoms with E-state index in [-0.39, 0.29) is 0 Å².